The smallest absolute Gasteiger partial charge is 0.222 e. The molecule has 0 unspecified atom stereocenters. The van der Waals surface area contributed by atoms with Gasteiger partial charge in [-0.15, -0.1) is 22.6 Å². The molecule has 1 aromatic rings. The molecule has 25 heavy (non-hydrogen) atoms. The predicted octanol–water partition coefficient (Wildman–Crippen LogP) is 1.34. The van der Waals surface area contributed by atoms with Crippen LogP contribution in [0.3, 0.4) is 0 Å². The number of likely N-dealkylation sites (tertiary alicyclic amines) is 1. The number of nitrogens with zero attached hydrogens (tertiary/aromatic N) is 4. The van der Waals surface area contributed by atoms with Crippen LogP contribution in [0.5, 0.6) is 0 Å². The minimum atomic E-state index is 0. The van der Waals surface area contributed by atoms with Gasteiger partial charge in [-0.3, -0.25) is 9.69 Å². The number of hydrogen-bond acceptors (Lipinski definition) is 5. The van der Waals surface area contributed by atoms with E-state index in [9.17, 15) is 4.79 Å². The number of carbonyl (C=O) groups is 1. The summed E-state index contributed by atoms with van der Waals surface area (Å²) in [6.45, 7) is 8.92. The number of aromatic nitrogens is 3. The summed E-state index contributed by atoms with van der Waals surface area (Å²) in [5.41, 5.74) is 0. The summed E-state index contributed by atoms with van der Waals surface area (Å²) in [5, 5.41) is 10.8. The number of carbonyl (C=O) groups excluding carboxylic acids is 1. The van der Waals surface area contributed by atoms with E-state index < -0.39 is 0 Å². The van der Waals surface area contributed by atoms with Crippen molar-refractivity contribution in [2.45, 2.75) is 51.7 Å². The zero-order valence-electron chi connectivity index (χ0n) is 15.1. The van der Waals surface area contributed by atoms with E-state index in [1.165, 1.54) is 0 Å². The Morgan fingerprint density at radius 2 is 1.92 bits per heavy atom. The van der Waals surface area contributed by atoms with Crippen molar-refractivity contribution >= 4 is 18.3 Å². The average Bonchev–Trinajstić information content (AvgIpc) is 3.23. The van der Waals surface area contributed by atoms with E-state index in [1.54, 1.807) is 12.7 Å². The van der Waals surface area contributed by atoms with Crippen LogP contribution in [-0.2, 0) is 16.1 Å². The summed E-state index contributed by atoms with van der Waals surface area (Å²) in [5.74, 6) is 1.21. The maximum Gasteiger partial charge on any atom is 0.222 e. The van der Waals surface area contributed by atoms with E-state index in [2.05, 4.69) is 34.3 Å². The van der Waals surface area contributed by atoms with Gasteiger partial charge >= 0.3 is 0 Å². The maximum atomic E-state index is 12.3. The van der Waals surface area contributed by atoms with E-state index in [1.807, 2.05) is 4.57 Å². The van der Waals surface area contributed by atoms with Crippen molar-refractivity contribution in [3.8, 4) is 0 Å². The third-order valence-electron chi connectivity index (χ3n) is 5.37. The number of rotatable bonds is 6. The average molecular weight is 372 g/mol. The summed E-state index contributed by atoms with van der Waals surface area (Å²) < 4.78 is 7.32. The highest BCUT2D eigenvalue weighted by Gasteiger charge is 2.38. The quantitative estimate of drug-likeness (QED) is 0.817. The number of hydrogen-bond donors (Lipinski definition) is 1. The molecule has 3 rings (SSSR count). The molecular weight excluding hydrogens is 342 g/mol. The first-order chi connectivity index (χ1) is 11.6. The van der Waals surface area contributed by atoms with Crippen molar-refractivity contribution in [1.82, 2.24) is 25.0 Å². The Morgan fingerprint density at radius 1 is 1.24 bits per heavy atom. The van der Waals surface area contributed by atoms with Crippen LogP contribution in [0.2, 0.25) is 0 Å². The van der Waals surface area contributed by atoms with Crippen LogP contribution in [0, 0.1) is 11.8 Å². The molecule has 2 fully saturated rings. The molecule has 0 spiro atoms. The molecule has 2 aliphatic rings. The second kappa shape index (κ2) is 9.50. The van der Waals surface area contributed by atoms with E-state index in [4.69, 9.17) is 4.74 Å². The molecule has 1 N–H and O–H groups in total. The van der Waals surface area contributed by atoms with Crippen molar-refractivity contribution in [1.29, 1.82) is 0 Å². The van der Waals surface area contributed by atoms with E-state index >= 15 is 0 Å². The standard InChI is InChI=1S/C17H29N5O2.ClH/c1-13(2)15-9-22(14-4-7-24-8-5-14)10-16(15)20-17(23)3-6-21-11-18-19-12-21;/h11-16H,3-10H2,1-2H3,(H,20,23);1H/t15-,16+;/m1./s1. The fourth-order valence-electron chi connectivity index (χ4n) is 3.88. The molecule has 0 aromatic carbocycles. The third-order valence-corrected chi connectivity index (χ3v) is 5.37. The van der Waals surface area contributed by atoms with Gasteiger partial charge < -0.3 is 14.6 Å². The fourth-order valence-corrected chi connectivity index (χ4v) is 3.88. The normalized spacial score (nSPS) is 25.1. The second-order valence-electron chi connectivity index (χ2n) is 7.33. The summed E-state index contributed by atoms with van der Waals surface area (Å²) >= 11 is 0. The van der Waals surface area contributed by atoms with Crippen molar-refractivity contribution in [2.24, 2.45) is 11.8 Å². The monoisotopic (exact) mass is 371 g/mol. The van der Waals surface area contributed by atoms with Crippen LogP contribution >= 0.6 is 12.4 Å². The topological polar surface area (TPSA) is 72.3 Å². The van der Waals surface area contributed by atoms with E-state index in [0.717, 1.165) is 39.1 Å². The van der Waals surface area contributed by atoms with Gasteiger partial charge in [0.05, 0.1) is 0 Å². The molecule has 2 atom stereocenters. The Morgan fingerprint density at radius 3 is 2.56 bits per heavy atom. The third kappa shape index (κ3) is 5.39. The van der Waals surface area contributed by atoms with Gasteiger partial charge in [0.1, 0.15) is 12.7 Å². The maximum absolute atomic E-state index is 12.3. The number of halogens is 1. The Kier molecular flexibility index (Phi) is 7.65. The fraction of sp³-hybridized carbons (Fsp3) is 0.824. The largest absolute Gasteiger partial charge is 0.381 e. The Labute approximate surface area is 155 Å². The van der Waals surface area contributed by atoms with Crippen molar-refractivity contribution in [3.05, 3.63) is 12.7 Å². The minimum absolute atomic E-state index is 0. The lowest BCUT2D eigenvalue weighted by Crippen LogP contribution is -2.43. The van der Waals surface area contributed by atoms with Crippen LogP contribution < -0.4 is 5.32 Å². The molecule has 0 saturated carbocycles. The van der Waals surface area contributed by atoms with Gasteiger partial charge in [-0.2, -0.15) is 0 Å². The first-order valence-electron chi connectivity index (χ1n) is 9.07. The highest BCUT2D eigenvalue weighted by atomic mass is 35.5. The number of nitrogens with one attached hydrogen (secondary N) is 1. The lowest BCUT2D eigenvalue weighted by atomic mass is 9.91. The zero-order valence-corrected chi connectivity index (χ0v) is 16.0. The molecule has 1 aromatic heterocycles. The van der Waals surface area contributed by atoms with Crippen LogP contribution in [0.4, 0.5) is 0 Å². The summed E-state index contributed by atoms with van der Waals surface area (Å²) in [4.78, 5) is 14.9. The highest BCUT2D eigenvalue weighted by molar-refractivity contribution is 5.85. The molecule has 0 radical (unpaired) electrons. The lowest BCUT2D eigenvalue weighted by Gasteiger charge is -2.31. The van der Waals surface area contributed by atoms with E-state index in [-0.39, 0.29) is 24.4 Å². The van der Waals surface area contributed by atoms with Crippen molar-refractivity contribution in [2.75, 3.05) is 26.3 Å². The number of aryl methyl sites for hydroxylation is 1. The summed E-state index contributed by atoms with van der Waals surface area (Å²) in [7, 11) is 0. The molecule has 142 valence electrons. The van der Waals surface area contributed by atoms with Crippen LogP contribution in [0.1, 0.15) is 33.1 Å². The zero-order chi connectivity index (χ0) is 16.9. The van der Waals surface area contributed by atoms with Gasteiger partial charge in [-0.25, -0.2) is 0 Å². The Hall–Kier alpha value is -1.18. The van der Waals surface area contributed by atoms with E-state index in [0.29, 0.717) is 30.8 Å². The van der Waals surface area contributed by atoms with Gasteiger partial charge in [0.25, 0.3) is 0 Å². The molecule has 1 amide bonds. The molecule has 0 bridgehead atoms. The summed E-state index contributed by atoms with van der Waals surface area (Å²) in [6.07, 6.45) is 5.98. The Balaban J connectivity index is 0.00000225. The molecule has 2 aliphatic heterocycles. The molecular formula is C17H30ClN5O2. The van der Waals surface area contributed by atoms with Crippen LogP contribution in [0.25, 0.3) is 0 Å². The molecule has 7 nitrogen and oxygen atoms in total. The van der Waals surface area contributed by atoms with Gasteiger partial charge in [-0.05, 0) is 24.7 Å². The molecule has 2 saturated heterocycles. The van der Waals surface area contributed by atoms with Crippen LogP contribution in [0.15, 0.2) is 12.7 Å². The molecule has 8 heteroatoms. The number of ether oxygens (including phenoxy) is 1. The minimum Gasteiger partial charge on any atom is -0.381 e. The first kappa shape index (κ1) is 20.1. The van der Waals surface area contributed by atoms with Gasteiger partial charge in [0.2, 0.25) is 5.91 Å². The second-order valence-corrected chi connectivity index (χ2v) is 7.33. The van der Waals surface area contributed by atoms with Gasteiger partial charge in [0.15, 0.2) is 0 Å². The summed E-state index contributed by atoms with van der Waals surface area (Å²) in [6, 6.07) is 0.861. The van der Waals surface area contributed by atoms with Crippen molar-refractivity contribution in [3.63, 3.8) is 0 Å². The Bertz CT molecular complexity index is 519. The van der Waals surface area contributed by atoms with Crippen molar-refractivity contribution < 1.29 is 9.53 Å². The van der Waals surface area contributed by atoms with Gasteiger partial charge in [0, 0.05) is 51.4 Å². The first-order valence-corrected chi connectivity index (χ1v) is 9.07. The number of amides is 1. The highest BCUT2D eigenvalue weighted by Crippen LogP contribution is 2.28. The molecule has 0 aliphatic carbocycles. The predicted molar refractivity (Wildman–Crippen MR) is 97.6 cm³/mol. The lowest BCUT2D eigenvalue weighted by molar-refractivity contribution is -0.122. The SMILES string of the molecule is CC(C)[C@H]1CN(C2CCOCC2)C[C@@H]1NC(=O)CCn1cnnc1.Cl. The van der Waals surface area contributed by atoms with Crippen LogP contribution in [-0.4, -0.2) is 64.0 Å². The van der Waals surface area contributed by atoms with Gasteiger partial charge in [-0.1, -0.05) is 13.8 Å². The molecule has 3 heterocycles.